The van der Waals surface area contributed by atoms with Gasteiger partial charge in [-0.05, 0) is 43.5 Å². The van der Waals surface area contributed by atoms with E-state index in [1.807, 2.05) is 38.1 Å². The van der Waals surface area contributed by atoms with Crippen LogP contribution in [0, 0.1) is 13.8 Å². The number of carbonyl (C=O) groups excluding carboxylic acids is 1. The van der Waals surface area contributed by atoms with Gasteiger partial charge in [-0.15, -0.1) is 0 Å². The number of hydrogen-bond acceptors (Lipinski definition) is 4. The maximum atomic E-state index is 12.1. The van der Waals surface area contributed by atoms with Crippen LogP contribution in [0.1, 0.15) is 29.2 Å². The van der Waals surface area contributed by atoms with Crippen LogP contribution in [0.3, 0.4) is 0 Å². The molecule has 0 spiro atoms. The number of nitrogens with two attached hydrogens (primary N) is 2. The fourth-order valence-electron chi connectivity index (χ4n) is 2.73. The summed E-state index contributed by atoms with van der Waals surface area (Å²) in [6, 6.07) is 11.2. The van der Waals surface area contributed by atoms with Crippen molar-refractivity contribution < 1.29 is 9.53 Å². The van der Waals surface area contributed by atoms with Gasteiger partial charge in [0.15, 0.2) is 0 Å². The normalized spacial score (nSPS) is 10.5. The highest BCUT2D eigenvalue weighted by Gasteiger charge is 2.19. The highest BCUT2D eigenvalue weighted by molar-refractivity contribution is 5.91. The van der Waals surface area contributed by atoms with Crippen molar-refractivity contribution in [2.75, 3.05) is 12.1 Å². The minimum atomic E-state index is -0.499. The van der Waals surface area contributed by atoms with E-state index >= 15 is 0 Å². The van der Waals surface area contributed by atoms with Gasteiger partial charge >= 0.3 is 6.03 Å². The SMILES string of the molecule is CCc1cccc(N(N)C(=O)N(C)N)c1COc1ccc(C)cc1C. The summed E-state index contributed by atoms with van der Waals surface area (Å²) in [7, 11) is 1.46. The molecule has 25 heavy (non-hydrogen) atoms. The van der Waals surface area contributed by atoms with Gasteiger partial charge in [0.05, 0.1) is 5.69 Å². The number of nitrogens with zero attached hydrogens (tertiary/aromatic N) is 2. The first kappa shape index (κ1) is 18.8. The van der Waals surface area contributed by atoms with Crippen LogP contribution in [-0.4, -0.2) is 18.1 Å². The molecule has 0 saturated carbocycles. The van der Waals surface area contributed by atoms with Crippen LogP contribution in [-0.2, 0) is 13.0 Å². The Bertz CT molecular complexity index is 759. The second-order valence-electron chi connectivity index (χ2n) is 6.09. The van der Waals surface area contributed by atoms with E-state index < -0.39 is 6.03 Å². The van der Waals surface area contributed by atoms with E-state index in [0.717, 1.165) is 38.9 Å². The van der Waals surface area contributed by atoms with Gasteiger partial charge in [0.1, 0.15) is 12.4 Å². The van der Waals surface area contributed by atoms with E-state index in [0.29, 0.717) is 12.3 Å². The van der Waals surface area contributed by atoms with Gasteiger partial charge in [-0.3, -0.25) is 5.01 Å². The maximum Gasteiger partial charge on any atom is 0.352 e. The number of aryl methyl sites for hydroxylation is 3. The summed E-state index contributed by atoms with van der Waals surface area (Å²) in [5, 5.41) is 2.01. The summed E-state index contributed by atoms with van der Waals surface area (Å²) in [4.78, 5) is 12.1. The van der Waals surface area contributed by atoms with Crippen molar-refractivity contribution in [2.45, 2.75) is 33.8 Å². The van der Waals surface area contributed by atoms with Crippen LogP contribution in [0.4, 0.5) is 10.5 Å². The van der Waals surface area contributed by atoms with Crippen LogP contribution in [0.25, 0.3) is 0 Å². The molecule has 2 aromatic rings. The zero-order valence-corrected chi connectivity index (χ0v) is 15.2. The topological polar surface area (TPSA) is 84.8 Å². The summed E-state index contributed by atoms with van der Waals surface area (Å²) in [6.45, 7) is 6.43. The fourth-order valence-corrected chi connectivity index (χ4v) is 2.73. The molecule has 2 amide bonds. The van der Waals surface area contributed by atoms with Crippen molar-refractivity contribution in [3.63, 3.8) is 0 Å². The summed E-state index contributed by atoms with van der Waals surface area (Å²) >= 11 is 0. The second kappa shape index (κ2) is 8.00. The molecule has 0 aliphatic rings. The molecule has 0 heterocycles. The van der Waals surface area contributed by atoms with Crippen LogP contribution < -0.4 is 21.4 Å². The largest absolute Gasteiger partial charge is 0.489 e. The minimum absolute atomic E-state index is 0.318. The number of amides is 2. The van der Waals surface area contributed by atoms with Gasteiger partial charge in [-0.1, -0.05) is 36.8 Å². The standard InChI is InChI=1S/C19H26N4O2/c1-5-15-7-6-8-17(23(21)19(24)22(4)20)16(15)12-25-18-10-9-13(2)11-14(18)3/h6-11H,5,12,20-21H2,1-4H3. The number of hydrogen-bond donors (Lipinski definition) is 2. The van der Waals surface area contributed by atoms with E-state index in [1.165, 1.54) is 12.6 Å². The van der Waals surface area contributed by atoms with Gasteiger partial charge in [0.25, 0.3) is 0 Å². The lowest BCUT2D eigenvalue weighted by atomic mass is 10.0. The number of rotatable bonds is 5. The summed E-state index contributed by atoms with van der Waals surface area (Å²) in [5.41, 5.74) is 4.79. The molecule has 2 rings (SSSR count). The molecule has 4 N–H and O–H groups in total. The second-order valence-corrected chi connectivity index (χ2v) is 6.09. The van der Waals surface area contributed by atoms with Gasteiger partial charge in [0, 0.05) is 12.6 Å². The molecule has 0 aliphatic carbocycles. The summed E-state index contributed by atoms with van der Waals surface area (Å²) in [5.74, 6) is 12.3. The van der Waals surface area contributed by atoms with Gasteiger partial charge in [0.2, 0.25) is 0 Å². The lowest BCUT2D eigenvalue weighted by Crippen LogP contribution is -2.49. The Balaban J connectivity index is 2.33. The maximum absolute atomic E-state index is 12.1. The molecule has 0 atom stereocenters. The third kappa shape index (κ3) is 4.29. The number of anilines is 1. The van der Waals surface area contributed by atoms with Gasteiger partial charge in [-0.2, -0.15) is 0 Å². The predicted molar refractivity (Wildman–Crippen MR) is 100 cm³/mol. The van der Waals surface area contributed by atoms with E-state index in [1.54, 1.807) is 6.07 Å². The van der Waals surface area contributed by atoms with Crippen molar-refractivity contribution in [2.24, 2.45) is 11.7 Å². The Hall–Kier alpha value is -2.57. The summed E-state index contributed by atoms with van der Waals surface area (Å²) < 4.78 is 6.01. The first-order valence-corrected chi connectivity index (χ1v) is 8.23. The molecule has 6 heteroatoms. The molecular formula is C19H26N4O2. The fraction of sp³-hybridized carbons (Fsp3) is 0.316. The predicted octanol–water partition coefficient (Wildman–Crippen LogP) is 3.05. The molecule has 0 saturated heterocycles. The molecule has 6 nitrogen and oxygen atoms in total. The number of carbonyl (C=O) groups is 1. The molecule has 0 unspecified atom stereocenters. The quantitative estimate of drug-likeness (QED) is 0.497. The Morgan fingerprint density at radius 3 is 2.48 bits per heavy atom. The number of hydrazine groups is 2. The lowest BCUT2D eigenvalue weighted by molar-refractivity contribution is 0.216. The lowest BCUT2D eigenvalue weighted by Gasteiger charge is -2.24. The van der Waals surface area contributed by atoms with Crippen molar-refractivity contribution in [1.29, 1.82) is 0 Å². The molecular weight excluding hydrogens is 316 g/mol. The van der Waals surface area contributed by atoms with E-state index in [2.05, 4.69) is 13.0 Å². The van der Waals surface area contributed by atoms with Crippen molar-refractivity contribution >= 4 is 11.7 Å². The minimum Gasteiger partial charge on any atom is -0.489 e. The Labute approximate surface area is 148 Å². The number of ether oxygens (including phenoxy) is 1. The molecule has 0 aromatic heterocycles. The van der Waals surface area contributed by atoms with E-state index in [9.17, 15) is 4.79 Å². The van der Waals surface area contributed by atoms with E-state index in [4.69, 9.17) is 16.4 Å². The molecule has 0 radical (unpaired) electrons. The average Bonchev–Trinajstić information content (AvgIpc) is 2.59. The third-order valence-corrected chi connectivity index (χ3v) is 4.10. The van der Waals surface area contributed by atoms with Crippen molar-refractivity contribution in [3.8, 4) is 5.75 Å². The Morgan fingerprint density at radius 1 is 1.16 bits per heavy atom. The zero-order valence-electron chi connectivity index (χ0n) is 15.2. The van der Waals surface area contributed by atoms with Crippen molar-refractivity contribution in [1.82, 2.24) is 5.01 Å². The van der Waals surface area contributed by atoms with Crippen LogP contribution in [0.15, 0.2) is 36.4 Å². The molecule has 2 aromatic carbocycles. The van der Waals surface area contributed by atoms with Crippen LogP contribution in [0.2, 0.25) is 0 Å². The van der Waals surface area contributed by atoms with Gasteiger partial charge < -0.3 is 4.74 Å². The highest BCUT2D eigenvalue weighted by atomic mass is 16.5. The number of urea groups is 1. The average molecular weight is 342 g/mol. The first-order valence-electron chi connectivity index (χ1n) is 8.23. The highest BCUT2D eigenvalue weighted by Crippen LogP contribution is 2.27. The number of benzene rings is 2. The first-order chi connectivity index (χ1) is 11.8. The van der Waals surface area contributed by atoms with Crippen LogP contribution >= 0.6 is 0 Å². The Kier molecular flexibility index (Phi) is 6.01. The smallest absolute Gasteiger partial charge is 0.352 e. The van der Waals surface area contributed by atoms with Crippen LogP contribution in [0.5, 0.6) is 5.75 Å². The zero-order chi connectivity index (χ0) is 18.6. The van der Waals surface area contributed by atoms with Gasteiger partial charge in [-0.25, -0.2) is 21.5 Å². The molecule has 0 fully saturated rings. The molecule has 0 aliphatic heterocycles. The molecule has 0 bridgehead atoms. The summed E-state index contributed by atoms with van der Waals surface area (Å²) in [6.07, 6.45) is 0.805. The Morgan fingerprint density at radius 2 is 1.88 bits per heavy atom. The third-order valence-electron chi connectivity index (χ3n) is 4.10. The molecule has 134 valence electrons. The monoisotopic (exact) mass is 342 g/mol. The van der Waals surface area contributed by atoms with E-state index in [-0.39, 0.29) is 0 Å². The van der Waals surface area contributed by atoms with Crippen molar-refractivity contribution in [3.05, 3.63) is 58.7 Å².